The summed E-state index contributed by atoms with van der Waals surface area (Å²) in [6.45, 7) is 0. The fourth-order valence-electron chi connectivity index (χ4n) is 1.00. The lowest BCUT2D eigenvalue weighted by Gasteiger charge is -2.04. The van der Waals surface area contributed by atoms with Gasteiger partial charge in [-0.25, -0.2) is 8.78 Å². The van der Waals surface area contributed by atoms with Gasteiger partial charge in [0.15, 0.2) is 0 Å². The average molecular weight is 219 g/mol. The zero-order chi connectivity index (χ0) is 10.7. The van der Waals surface area contributed by atoms with Crippen molar-refractivity contribution in [2.24, 2.45) is 0 Å². The predicted octanol–water partition coefficient (Wildman–Crippen LogP) is 1.92. The van der Waals surface area contributed by atoms with Gasteiger partial charge in [0.25, 0.3) is 12.0 Å². The fraction of sp³-hybridized carbons (Fsp3) is 0.250. The molecular formula is C8H5ClF2N2O. The Balaban J connectivity index is 3.45. The Morgan fingerprint density at radius 1 is 1.64 bits per heavy atom. The molecule has 0 bridgehead atoms. The van der Waals surface area contributed by atoms with Crippen LogP contribution in [-0.4, -0.2) is 4.98 Å². The monoisotopic (exact) mass is 218 g/mol. The lowest BCUT2D eigenvalue weighted by atomic mass is 10.1. The van der Waals surface area contributed by atoms with Crippen LogP contribution in [0.25, 0.3) is 0 Å². The van der Waals surface area contributed by atoms with E-state index in [1.54, 1.807) is 6.07 Å². The fourth-order valence-corrected chi connectivity index (χ4v) is 1.28. The summed E-state index contributed by atoms with van der Waals surface area (Å²) in [6, 6.07) is 2.52. The number of H-pyrrole nitrogens is 1. The van der Waals surface area contributed by atoms with E-state index in [1.165, 1.54) is 0 Å². The van der Waals surface area contributed by atoms with Gasteiger partial charge in [-0.1, -0.05) is 0 Å². The minimum atomic E-state index is -2.81. The number of rotatable bonds is 2. The van der Waals surface area contributed by atoms with Crippen LogP contribution in [0.2, 0.25) is 0 Å². The number of hydrogen-bond donors (Lipinski definition) is 1. The maximum absolute atomic E-state index is 12.4. The number of aromatic nitrogens is 1. The molecular weight excluding hydrogens is 214 g/mol. The van der Waals surface area contributed by atoms with E-state index in [2.05, 4.69) is 4.98 Å². The minimum Gasteiger partial charge on any atom is -0.313 e. The molecule has 0 aliphatic rings. The van der Waals surface area contributed by atoms with Gasteiger partial charge in [-0.15, -0.1) is 11.6 Å². The number of aromatic amines is 1. The second-order valence-corrected chi connectivity index (χ2v) is 2.76. The van der Waals surface area contributed by atoms with Crippen LogP contribution in [0.3, 0.4) is 0 Å². The highest BCUT2D eigenvalue weighted by atomic mass is 35.5. The molecule has 0 amide bonds. The van der Waals surface area contributed by atoms with Crippen molar-refractivity contribution in [1.29, 1.82) is 5.26 Å². The van der Waals surface area contributed by atoms with Crippen LogP contribution in [-0.2, 0) is 5.88 Å². The lowest BCUT2D eigenvalue weighted by Crippen LogP contribution is -2.16. The molecule has 6 heteroatoms. The summed E-state index contributed by atoms with van der Waals surface area (Å²) in [5, 5.41) is 8.43. The molecule has 0 radical (unpaired) electrons. The lowest BCUT2D eigenvalue weighted by molar-refractivity contribution is 0.150. The normalized spacial score (nSPS) is 10.2. The maximum atomic E-state index is 12.4. The van der Waals surface area contributed by atoms with Crippen molar-refractivity contribution in [3.8, 4) is 6.07 Å². The zero-order valence-electron chi connectivity index (χ0n) is 6.85. The first kappa shape index (κ1) is 10.7. The van der Waals surface area contributed by atoms with Crippen LogP contribution in [0.4, 0.5) is 8.78 Å². The summed E-state index contributed by atoms with van der Waals surface area (Å²) < 4.78 is 24.8. The molecule has 0 saturated carbocycles. The number of alkyl halides is 3. The molecule has 0 saturated heterocycles. The largest absolute Gasteiger partial charge is 0.313 e. The summed E-state index contributed by atoms with van der Waals surface area (Å²) >= 11 is 5.34. The van der Waals surface area contributed by atoms with Crippen molar-refractivity contribution >= 4 is 11.6 Å². The summed E-state index contributed by atoms with van der Waals surface area (Å²) in [5.41, 5.74) is -1.62. The highest BCUT2D eigenvalue weighted by Crippen LogP contribution is 2.22. The maximum Gasteiger partial charge on any atom is 0.264 e. The standard InChI is InChI=1S/C8H5ClF2N2O/c9-2-6-5(7(10)11)1-4(3-12)13-8(6)14/h1,7H,2H2,(H,13,14). The van der Waals surface area contributed by atoms with Gasteiger partial charge in [0, 0.05) is 11.1 Å². The molecule has 74 valence electrons. The van der Waals surface area contributed by atoms with Crippen LogP contribution in [0.5, 0.6) is 0 Å². The van der Waals surface area contributed by atoms with E-state index < -0.39 is 17.5 Å². The quantitative estimate of drug-likeness (QED) is 0.771. The Morgan fingerprint density at radius 2 is 2.29 bits per heavy atom. The molecule has 0 aliphatic carbocycles. The smallest absolute Gasteiger partial charge is 0.264 e. The Labute approximate surface area is 82.9 Å². The summed E-state index contributed by atoms with van der Waals surface area (Å²) in [6.07, 6.45) is -2.81. The predicted molar refractivity (Wildman–Crippen MR) is 46.3 cm³/mol. The summed E-state index contributed by atoms with van der Waals surface area (Å²) in [7, 11) is 0. The molecule has 1 aromatic heterocycles. The van der Waals surface area contributed by atoms with E-state index >= 15 is 0 Å². The summed E-state index contributed by atoms with van der Waals surface area (Å²) in [5.74, 6) is -0.305. The highest BCUT2D eigenvalue weighted by molar-refractivity contribution is 6.17. The third kappa shape index (κ3) is 1.91. The number of nitriles is 1. The van der Waals surface area contributed by atoms with Gasteiger partial charge in [-0.05, 0) is 6.07 Å². The third-order valence-electron chi connectivity index (χ3n) is 1.66. The van der Waals surface area contributed by atoms with Crippen molar-refractivity contribution in [2.45, 2.75) is 12.3 Å². The van der Waals surface area contributed by atoms with Crippen LogP contribution in [0, 0.1) is 11.3 Å². The second kappa shape index (κ2) is 4.20. The van der Waals surface area contributed by atoms with Gasteiger partial charge in [-0.2, -0.15) is 5.26 Å². The van der Waals surface area contributed by atoms with Crippen LogP contribution < -0.4 is 5.56 Å². The topological polar surface area (TPSA) is 56.6 Å². The van der Waals surface area contributed by atoms with Crippen LogP contribution in [0.15, 0.2) is 10.9 Å². The molecule has 0 aromatic carbocycles. The van der Waals surface area contributed by atoms with Crippen molar-refractivity contribution < 1.29 is 8.78 Å². The Morgan fingerprint density at radius 3 is 2.71 bits per heavy atom. The number of nitrogens with zero attached hydrogens (tertiary/aromatic N) is 1. The van der Waals surface area contributed by atoms with Crippen LogP contribution >= 0.6 is 11.6 Å². The van der Waals surface area contributed by atoms with Crippen molar-refractivity contribution in [3.05, 3.63) is 33.2 Å². The van der Waals surface area contributed by atoms with Gasteiger partial charge in [0.1, 0.15) is 11.8 Å². The number of halogens is 3. The molecule has 1 heterocycles. The number of nitrogens with one attached hydrogen (secondary N) is 1. The molecule has 1 N–H and O–H groups in total. The Bertz CT molecular complexity index is 436. The van der Waals surface area contributed by atoms with Gasteiger partial charge in [0.05, 0.1) is 5.88 Å². The zero-order valence-corrected chi connectivity index (χ0v) is 7.61. The van der Waals surface area contributed by atoms with Crippen molar-refractivity contribution in [1.82, 2.24) is 4.98 Å². The van der Waals surface area contributed by atoms with E-state index in [-0.39, 0.29) is 17.1 Å². The molecule has 0 fully saturated rings. The summed E-state index contributed by atoms with van der Waals surface area (Å²) in [4.78, 5) is 13.3. The highest BCUT2D eigenvalue weighted by Gasteiger charge is 2.16. The van der Waals surface area contributed by atoms with E-state index in [9.17, 15) is 13.6 Å². The molecule has 1 rings (SSSR count). The van der Waals surface area contributed by atoms with Gasteiger partial charge >= 0.3 is 0 Å². The van der Waals surface area contributed by atoms with E-state index in [0.717, 1.165) is 6.07 Å². The second-order valence-electron chi connectivity index (χ2n) is 2.49. The first-order valence-electron chi connectivity index (χ1n) is 3.60. The third-order valence-corrected chi connectivity index (χ3v) is 1.93. The number of pyridine rings is 1. The first-order valence-corrected chi connectivity index (χ1v) is 4.14. The molecule has 14 heavy (non-hydrogen) atoms. The molecule has 0 spiro atoms. The van der Waals surface area contributed by atoms with Crippen LogP contribution in [0.1, 0.15) is 23.2 Å². The Kier molecular flexibility index (Phi) is 3.20. The molecule has 0 aliphatic heterocycles. The number of hydrogen-bond acceptors (Lipinski definition) is 2. The molecule has 0 unspecified atom stereocenters. The first-order chi connectivity index (χ1) is 6.60. The SMILES string of the molecule is N#Cc1cc(C(F)F)c(CCl)c(=O)[nH]1. The Hall–Kier alpha value is -1.41. The molecule has 1 aromatic rings. The molecule has 0 atom stereocenters. The minimum absolute atomic E-state index is 0.194. The van der Waals surface area contributed by atoms with E-state index in [0.29, 0.717) is 0 Å². The van der Waals surface area contributed by atoms with E-state index in [4.69, 9.17) is 16.9 Å². The molecule has 3 nitrogen and oxygen atoms in total. The van der Waals surface area contributed by atoms with Gasteiger partial charge < -0.3 is 4.98 Å². The van der Waals surface area contributed by atoms with Crippen molar-refractivity contribution in [2.75, 3.05) is 0 Å². The average Bonchev–Trinajstić information content (AvgIpc) is 2.16. The van der Waals surface area contributed by atoms with Gasteiger partial charge in [0.2, 0.25) is 0 Å². The van der Waals surface area contributed by atoms with Crippen molar-refractivity contribution in [3.63, 3.8) is 0 Å². The van der Waals surface area contributed by atoms with E-state index in [1.807, 2.05) is 0 Å². The van der Waals surface area contributed by atoms with Gasteiger partial charge in [-0.3, -0.25) is 4.79 Å².